The third kappa shape index (κ3) is 21.6. The number of methoxy groups -OCH3 is 1. The average molecular weight is 789 g/mol. The van der Waals surface area contributed by atoms with Crippen molar-refractivity contribution in [2.75, 3.05) is 119 Å². The average Bonchev–Trinajstić information content (AvgIpc) is 3.19. The van der Waals surface area contributed by atoms with Gasteiger partial charge in [0, 0.05) is 12.1 Å². The van der Waals surface area contributed by atoms with Crippen molar-refractivity contribution < 1.29 is 57.0 Å². The zero-order chi connectivity index (χ0) is 40.3. The standard InChI is InChI=1S/C42H64N2O12/c1-42(2,3)56-40(46)33-43-41(47)37-7-5-34(6-8-37)13-17-44-18-14-36(15-19-44)35-9-11-38(12-10-35)55-32-31-54-30-29-53-28-27-52-26-25-51-24-23-50-22-21-49-20-16-39(45)48-4/h5-12,36H,13-33H2,1-4H3,(H,43,47). The maximum absolute atomic E-state index is 12.4. The van der Waals surface area contributed by atoms with E-state index in [2.05, 4.69) is 27.1 Å². The molecule has 14 nitrogen and oxygen atoms in total. The molecule has 0 saturated carbocycles. The minimum Gasteiger partial charge on any atom is -0.491 e. The van der Waals surface area contributed by atoms with E-state index in [1.54, 1.807) is 20.8 Å². The van der Waals surface area contributed by atoms with Crippen LogP contribution in [0.15, 0.2) is 48.5 Å². The SMILES string of the molecule is COC(=O)CCOCCOCCOCCOCCOCCOCCOc1ccc(C2CCN(CCc3ccc(C(=O)NCC(=O)OC(C)(C)C)cc3)CC2)cc1. The number of rotatable bonds is 29. The van der Waals surface area contributed by atoms with Gasteiger partial charge in [0.15, 0.2) is 0 Å². The normalized spacial score (nSPS) is 13.7. The van der Waals surface area contributed by atoms with Crippen LogP contribution in [0.5, 0.6) is 5.75 Å². The Hall–Kier alpha value is -3.63. The molecule has 314 valence electrons. The van der Waals surface area contributed by atoms with Crippen molar-refractivity contribution in [2.24, 2.45) is 0 Å². The Kier molecular flexibility index (Phi) is 23.3. The van der Waals surface area contributed by atoms with Gasteiger partial charge >= 0.3 is 11.9 Å². The number of nitrogens with one attached hydrogen (secondary N) is 1. The summed E-state index contributed by atoms with van der Waals surface area (Å²) in [5.41, 5.74) is 2.47. The summed E-state index contributed by atoms with van der Waals surface area (Å²) >= 11 is 0. The van der Waals surface area contributed by atoms with Gasteiger partial charge in [-0.2, -0.15) is 0 Å². The summed E-state index contributed by atoms with van der Waals surface area (Å²) in [6.07, 6.45) is 3.39. The molecule has 1 fully saturated rings. The van der Waals surface area contributed by atoms with E-state index in [9.17, 15) is 14.4 Å². The van der Waals surface area contributed by atoms with Gasteiger partial charge in [0.25, 0.3) is 5.91 Å². The van der Waals surface area contributed by atoms with Crippen molar-refractivity contribution in [2.45, 2.75) is 58.0 Å². The van der Waals surface area contributed by atoms with E-state index in [-0.39, 0.29) is 24.8 Å². The third-order valence-electron chi connectivity index (χ3n) is 8.72. The van der Waals surface area contributed by atoms with Crippen LogP contribution in [0.4, 0.5) is 0 Å². The molecule has 0 atom stereocenters. The number of likely N-dealkylation sites (tertiary alicyclic amines) is 1. The first-order valence-electron chi connectivity index (χ1n) is 19.7. The molecule has 1 heterocycles. The van der Waals surface area contributed by atoms with E-state index >= 15 is 0 Å². The minimum atomic E-state index is -0.583. The number of benzene rings is 2. The molecule has 2 aromatic rings. The Morgan fingerprint density at radius 2 is 1.16 bits per heavy atom. The number of esters is 2. The van der Waals surface area contributed by atoms with Crippen LogP contribution in [0.25, 0.3) is 0 Å². The topological polar surface area (TPSA) is 150 Å². The summed E-state index contributed by atoms with van der Waals surface area (Å²) in [5.74, 6) is 0.344. The molecule has 3 rings (SSSR count). The predicted molar refractivity (Wildman–Crippen MR) is 210 cm³/mol. The fraction of sp³-hybridized carbons (Fsp3) is 0.643. The van der Waals surface area contributed by atoms with Gasteiger partial charge in [-0.3, -0.25) is 14.4 Å². The number of carbonyl (C=O) groups excluding carboxylic acids is 3. The molecule has 0 radical (unpaired) electrons. The lowest BCUT2D eigenvalue weighted by molar-refractivity contribution is -0.153. The second-order valence-corrected chi connectivity index (χ2v) is 14.2. The molecule has 0 aromatic heterocycles. The van der Waals surface area contributed by atoms with Gasteiger partial charge in [0.2, 0.25) is 0 Å². The molecular formula is C42H64N2O12. The van der Waals surface area contributed by atoms with Gasteiger partial charge in [-0.25, -0.2) is 0 Å². The van der Waals surface area contributed by atoms with Gasteiger partial charge in [-0.1, -0.05) is 24.3 Å². The van der Waals surface area contributed by atoms with Crippen LogP contribution in [-0.4, -0.2) is 148 Å². The minimum absolute atomic E-state index is 0.155. The van der Waals surface area contributed by atoms with Crippen LogP contribution in [0.1, 0.15) is 67.4 Å². The van der Waals surface area contributed by atoms with E-state index in [1.165, 1.54) is 18.2 Å². The van der Waals surface area contributed by atoms with Crippen LogP contribution >= 0.6 is 0 Å². The molecular weight excluding hydrogens is 724 g/mol. The highest BCUT2D eigenvalue weighted by atomic mass is 16.6. The highest BCUT2D eigenvalue weighted by Crippen LogP contribution is 2.29. The van der Waals surface area contributed by atoms with Crippen LogP contribution in [0.2, 0.25) is 0 Å². The Bertz CT molecular complexity index is 1360. The second kappa shape index (κ2) is 27.9. The number of carbonyl (C=O) groups is 3. The summed E-state index contributed by atoms with van der Waals surface area (Å²) in [4.78, 5) is 37.8. The maximum Gasteiger partial charge on any atom is 0.325 e. The highest BCUT2D eigenvalue weighted by molar-refractivity contribution is 5.95. The number of nitrogens with zero attached hydrogens (tertiary/aromatic N) is 1. The van der Waals surface area contributed by atoms with Crippen molar-refractivity contribution in [3.8, 4) is 5.75 Å². The molecule has 1 aliphatic rings. The highest BCUT2D eigenvalue weighted by Gasteiger charge is 2.21. The number of piperidine rings is 1. The van der Waals surface area contributed by atoms with Gasteiger partial charge < -0.3 is 52.8 Å². The second-order valence-electron chi connectivity index (χ2n) is 14.2. The van der Waals surface area contributed by atoms with Crippen molar-refractivity contribution >= 4 is 17.8 Å². The smallest absolute Gasteiger partial charge is 0.325 e. The summed E-state index contributed by atoms with van der Waals surface area (Å²) in [7, 11) is 1.35. The Labute approximate surface area is 332 Å². The van der Waals surface area contributed by atoms with Crippen molar-refractivity contribution in [1.29, 1.82) is 0 Å². The van der Waals surface area contributed by atoms with Crippen molar-refractivity contribution in [3.05, 3.63) is 65.2 Å². The van der Waals surface area contributed by atoms with Crippen LogP contribution in [0, 0.1) is 0 Å². The van der Waals surface area contributed by atoms with E-state index in [0.29, 0.717) is 97.4 Å². The molecule has 0 unspecified atom stereocenters. The monoisotopic (exact) mass is 788 g/mol. The number of ether oxygens (including phenoxy) is 9. The number of hydrogen-bond donors (Lipinski definition) is 1. The quantitative estimate of drug-likeness (QED) is 0.0928. The Balaban J connectivity index is 1.11. The number of hydrogen-bond acceptors (Lipinski definition) is 13. The van der Waals surface area contributed by atoms with Crippen LogP contribution in [0.3, 0.4) is 0 Å². The van der Waals surface area contributed by atoms with Crippen molar-refractivity contribution in [1.82, 2.24) is 10.2 Å². The van der Waals surface area contributed by atoms with E-state index in [0.717, 1.165) is 44.6 Å². The fourth-order valence-electron chi connectivity index (χ4n) is 5.75. The fourth-order valence-corrected chi connectivity index (χ4v) is 5.75. The van der Waals surface area contributed by atoms with Crippen molar-refractivity contribution in [3.63, 3.8) is 0 Å². The molecule has 56 heavy (non-hydrogen) atoms. The van der Waals surface area contributed by atoms with Gasteiger partial charge in [0.05, 0.1) is 92.8 Å². The molecule has 0 spiro atoms. The zero-order valence-electron chi connectivity index (χ0n) is 33.9. The van der Waals surface area contributed by atoms with Crippen LogP contribution in [-0.2, 0) is 53.9 Å². The van der Waals surface area contributed by atoms with E-state index in [1.807, 2.05) is 36.4 Å². The van der Waals surface area contributed by atoms with E-state index in [4.69, 9.17) is 37.9 Å². The molecule has 2 aromatic carbocycles. The van der Waals surface area contributed by atoms with Gasteiger partial charge in [-0.15, -0.1) is 0 Å². The summed E-state index contributed by atoms with van der Waals surface area (Å²) < 4.78 is 48.4. The summed E-state index contributed by atoms with van der Waals surface area (Å²) in [6.45, 7) is 14.3. The molecule has 1 amide bonds. The molecule has 1 aliphatic heterocycles. The zero-order valence-corrected chi connectivity index (χ0v) is 33.9. The van der Waals surface area contributed by atoms with E-state index < -0.39 is 11.6 Å². The largest absolute Gasteiger partial charge is 0.491 e. The molecule has 1 saturated heterocycles. The lowest BCUT2D eigenvalue weighted by Crippen LogP contribution is -2.34. The summed E-state index contributed by atoms with van der Waals surface area (Å²) in [6, 6.07) is 16.0. The molecule has 1 N–H and O–H groups in total. The van der Waals surface area contributed by atoms with Gasteiger partial charge in [-0.05, 0) is 94.4 Å². The molecule has 14 heteroatoms. The first-order valence-corrected chi connectivity index (χ1v) is 19.7. The first-order chi connectivity index (χ1) is 27.1. The summed E-state index contributed by atoms with van der Waals surface area (Å²) in [5, 5.41) is 2.63. The van der Waals surface area contributed by atoms with Crippen LogP contribution < -0.4 is 10.1 Å². The first kappa shape index (κ1) is 46.8. The molecule has 0 bridgehead atoms. The lowest BCUT2D eigenvalue weighted by Gasteiger charge is -2.32. The van der Waals surface area contributed by atoms with Gasteiger partial charge in [0.1, 0.15) is 24.5 Å². The number of amides is 1. The lowest BCUT2D eigenvalue weighted by atomic mass is 9.89. The Morgan fingerprint density at radius 3 is 1.66 bits per heavy atom. The Morgan fingerprint density at radius 1 is 0.661 bits per heavy atom. The maximum atomic E-state index is 12.4. The predicted octanol–water partition coefficient (Wildman–Crippen LogP) is 4.22. The molecule has 0 aliphatic carbocycles. The third-order valence-corrected chi connectivity index (χ3v) is 8.72.